The van der Waals surface area contributed by atoms with Crippen molar-refractivity contribution in [1.29, 1.82) is 0 Å². The molecule has 4 heteroatoms. The van der Waals surface area contributed by atoms with Gasteiger partial charge in [0.1, 0.15) is 0 Å². The van der Waals surface area contributed by atoms with Crippen molar-refractivity contribution in [3.05, 3.63) is 0 Å². The molecule has 1 aliphatic rings. The van der Waals surface area contributed by atoms with Gasteiger partial charge in [0.15, 0.2) is 0 Å². The monoisotopic (exact) mass is 282 g/mol. The number of carbonyl (C=O) groups is 2. The Morgan fingerprint density at radius 1 is 1.05 bits per heavy atom. The molecule has 1 rings (SSSR count). The quantitative estimate of drug-likeness (QED) is 0.495. The number of imide groups is 1. The van der Waals surface area contributed by atoms with E-state index in [9.17, 15) is 9.59 Å². The number of nitrogens with one attached hydrogen (secondary N) is 1. The van der Waals surface area contributed by atoms with Crippen LogP contribution in [0, 0.1) is 0 Å². The van der Waals surface area contributed by atoms with Gasteiger partial charge >= 0.3 is 0 Å². The molecule has 1 fully saturated rings. The number of likely N-dealkylation sites (tertiary alicyclic amines) is 1. The molecule has 0 aromatic heterocycles. The Hall–Kier alpha value is -0.900. The Morgan fingerprint density at radius 2 is 1.65 bits per heavy atom. The topological polar surface area (TPSA) is 49.4 Å². The standard InChI is InChI=1S/C16H30N2O2/c1-3-4-5-6-7-8-9-10-13-17-14-11-12-15(19)18(2)16(14)20/h14,17H,3-13H2,1-2H3. The fourth-order valence-electron chi connectivity index (χ4n) is 2.64. The lowest BCUT2D eigenvalue weighted by molar-refractivity contribution is -0.148. The van der Waals surface area contributed by atoms with Crippen LogP contribution in [0.1, 0.15) is 71.1 Å². The lowest BCUT2D eigenvalue weighted by Gasteiger charge is -2.28. The molecule has 1 heterocycles. The fraction of sp³-hybridized carbons (Fsp3) is 0.875. The number of nitrogens with zero attached hydrogens (tertiary/aromatic N) is 1. The molecule has 2 amide bonds. The summed E-state index contributed by atoms with van der Waals surface area (Å²) >= 11 is 0. The van der Waals surface area contributed by atoms with E-state index in [0.717, 1.165) is 13.0 Å². The van der Waals surface area contributed by atoms with Gasteiger partial charge in [-0.2, -0.15) is 0 Å². The van der Waals surface area contributed by atoms with Gasteiger partial charge in [-0.25, -0.2) is 0 Å². The van der Waals surface area contributed by atoms with E-state index in [2.05, 4.69) is 12.2 Å². The SMILES string of the molecule is CCCCCCCCCCNC1CCC(=O)N(C)C1=O. The van der Waals surface area contributed by atoms with Gasteiger partial charge in [0.25, 0.3) is 0 Å². The summed E-state index contributed by atoms with van der Waals surface area (Å²) in [7, 11) is 1.58. The molecule has 0 spiro atoms. The summed E-state index contributed by atoms with van der Waals surface area (Å²) in [5.74, 6) is -0.124. The number of likely N-dealkylation sites (N-methyl/N-ethyl adjacent to an activating group) is 1. The normalized spacial score (nSPS) is 19.7. The zero-order valence-electron chi connectivity index (χ0n) is 13.1. The van der Waals surface area contributed by atoms with Gasteiger partial charge in [0.05, 0.1) is 6.04 Å². The van der Waals surface area contributed by atoms with E-state index in [1.807, 2.05) is 0 Å². The Kier molecular flexibility index (Phi) is 8.51. The van der Waals surface area contributed by atoms with Gasteiger partial charge in [0, 0.05) is 13.5 Å². The highest BCUT2D eigenvalue weighted by atomic mass is 16.2. The first-order valence-corrected chi connectivity index (χ1v) is 8.20. The number of amides is 2. The summed E-state index contributed by atoms with van der Waals surface area (Å²) in [5, 5.41) is 3.29. The molecule has 1 saturated heterocycles. The van der Waals surface area contributed by atoms with Crippen molar-refractivity contribution in [2.24, 2.45) is 0 Å². The van der Waals surface area contributed by atoms with Crippen LogP contribution in [0.5, 0.6) is 0 Å². The third-order valence-electron chi connectivity index (χ3n) is 4.07. The molecule has 116 valence electrons. The van der Waals surface area contributed by atoms with Crippen molar-refractivity contribution in [3.63, 3.8) is 0 Å². The predicted octanol–water partition coefficient (Wildman–Crippen LogP) is 2.86. The summed E-state index contributed by atoms with van der Waals surface area (Å²) in [6.07, 6.45) is 11.5. The molecule has 0 radical (unpaired) electrons. The molecule has 1 unspecified atom stereocenters. The summed E-state index contributed by atoms with van der Waals surface area (Å²) in [6.45, 7) is 3.12. The van der Waals surface area contributed by atoms with Crippen LogP contribution in [0.3, 0.4) is 0 Å². The largest absolute Gasteiger partial charge is 0.306 e. The van der Waals surface area contributed by atoms with Gasteiger partial charge in [-0.05, 0) is 19.4 Å². The zero-order valence-corrected chi connectivity index (χ0v) is 13.1. The Balaban J connectivity index is 1.99. The van der Waals surface area contributed by atoms with Crippen LogP contribution >= 0.6 is 0 Å². The number of rotatable bonds is 10. The lowest BCUT2D eigenvalue weighted by atomic mass is 10.0. The molecule has 1 N–H and O–H groups in total. The van der Waals surface area contributed by atoms with E-state index in [1.165, 1.54) is 49.8 Å². The Bertz CT molecular complexity index is 305. The van der Waals surface area contributed by atoms with E-state index in [1.54, 1.807) is 7.05 Å². The van der Waals surface area contributed by atoms with E-state index >= 15 is 0 Å². The molecular formula is C16H30N2O2. The van der Waals surface area contributed by atoms with Crippen LogP contribution in [0.4, 0.5) is 0 Å². The summed E-state index contributed by atoms with van der Waals surface area (Å²) in [5.41, 5.74) is 0. The van der Waals surface area contributed by atoms with Gasteiger partial charge in [-0.15, -0.1) is 0 Å². The molecule has 0 aromatic rings. The van der Waals surface area contributed by atoms with Crippen LogP contribution in [-0.2, 0) is 9.59 Å². The molecule has 20 heavy (non-hydrogen) atoms. The summed E-state index contributed by atoms with van der Waals surface area (Å²) < 4.78 is 0. The van der Waals surface area contributed by atoms with Gasteiger partial charge in [0.2, 0.25) is 11.8 Å². The third-order valence-corrected chi connectivity index (χ3v) is 4.07. The maximum absolute atomic E-state index is 11.8. The Labute approximate surface area is 123 Å². The van der Waals surface area contributed by atoms with Crippen LogP contribution in [0.15, 0.2) is 0 Å². The number of hydrogen-bond donors (Lipinski definition) is 1. The molecule has 4 nitrogen and oxygen atoms in total. The first-order valence-electron chi connectivity index (χ1n) is 8.20. The second kappa shape index (κ2) is 9.92. The van der Waals surface area contributed by atoms with Gasteiger partial charge in [-0.3, -0.25) is 14.5 Å². The zero-order chi connectivity index (χ0) is 14.8. The molecule has 0 aliphatic carbocycles. The van der Waals surface area contributed by atoms with E-state index in [-0.39, 0.29) is 17.9 Å². The predicted molar refractivity (Wildman–Crippen MR) is 81.4 cm³/mol. The number of piperidine rings is 1. The maximum Gasteiger partial charge on any atom is 0.246 e. The van der Waals surface area contributed by atoms with Crippen molar-refractivity contribution in [2.75, 3.05) is 13.6 Å². The van der Waals surface area contributed by atoms with Crippen LogP contribution in [0.2, 0.25) is 0 Å². The van der Waals surface area contributed by atoms with Crippen molar-refractivity contribution >= 4 is 11.8 Å². The average Bonchev–Trinajstić information content (AvgIpc) is 2.45. The molecule has 0 aromatic carbocycles. The van der Waals surface area contributed by atoms with Gasteiger partial charge in [-0.1, -0.05) is 51.9 Å². The summed E-state index contributed by atoms with van der Waals surface area (Å²) in [4.78, 5) is 24.5. The minimum absolute atomic E-state index is 0.0554. The van der Waals surface area contributed by atoms with Gasteiger partial charge < -0.3 is 5.32 Å². The fourth-order valence-corrected chi connectivity index (χ4v) is 2.64. The van der Waals surface area contributed by atoms with Crippen LogP contribution in [0.25, 0.3) is 0 Å². The van der Waals surface area contributed by atoms with Crippen LogP contribution < -0.4 is 5.32 Å². The molecular weight excluding hydrogens is 252 g/mol. The van der Waals surface area contributed by atoms with Crippen molar-refractivity contribution < 1.29 is 9.59 Å². The smallest absolute Gasteiger partial charge is 0.246 e. The second-order valence-corrected chi connectivity index (χ2v) is 5.81. The number of hydrogen-bond acceptors (Lipinski definition) is 3. The van der Waals surface area contributed by atoms with Crippen LogP contribution in [-0.4, -0.2) is 36.3 Å². The highest BCUT2D eigenvalue weighted by Crippen LogP contribution is 2.12. The average molecular weight is 282 g/mol. The highest BCUT2D eigenvalue weighted by Gasteiger charge is 2.30. The number of carbonyl (C=O) groups excluding carboxylic acids is 2. The minimum atomic E-state index is -0.151. The Morgan fingerprint density at radius 3 is 2.30 bits per heavy atom. The maximum atomic E-state index is 11.8. The molecule has 0 saturated carbocycles. The van der Waals surface area contributed by atoms with E-state index in [4.69, 9.17) is 0 Å². The lowest BCUT2D eigenvalue weighted by Crippen LogP contribution is -2.51. The van der Waals surface area contributed by atoms with Crippen molar-refractivity contribution in [1.82, 2.24) is 10.2 Å². The van der Waals surface area contributed by atoms with E-state index < -0.39 is 0 Å². The number of unbranched alkanes of at least 4 members (excludes halogenated alkanes) is 7. The van der Waals surface area contributed by atoms with Crippen molar-refractivity contribution in [3.8, 4) is 0 Å². The summed E-state index contributed by atoms with van der Waals surface area (Å²) in [6, 6.07) is -0.151. The first-order chi connectivity index (χ1) is 9.66. The van der Waals surface area contributed by atoms with E-state index in [0.29, 0.717) is 12.8 Å². The minimum Gasteiger partial charge on any atom is -0.306 e. The first kappa shape index (κ1) is 17.2. The van der Waals surface area contributed by atoms with Crippen molar-refractivity contribution in [2.45, 2.75) is 77.2 Å². The molecule has 0 bridgehead atoms. The molecule has 1 aliphatic heterocycles. The molecule has 1 atom stereocenters. The highest BCUT2D eigenvalue weighted by molar-refractivity contribution is 6.00. The second-order valence-electron chi connectivity index (χ2n) is 5.81. The third kappa shape index (κ3) is 6.04.